The lowest BCUT2D eigenvalue weighted by molar-refractivity contribution is -0.384. The van der Waals surface area contributed by atoms with Crippen molar-refractivity contribution >= 4 is 29.2 Å². The quantitative estimate of drug-likeness (QED) is 0.496. The van der Waals surface area contributed by atoms with Gasteiger partial charge in [-0.3, -0.25) is 14.9 Å². The van der Waals surface area contributed by atoms with Crippen LogP contribution < -0.4 is 10.2 Å². The van der Waals surface area contributed by atoms with Crippen molar-refractivity contribution in [2.45, 2.75) is 0 Å². The van der Waals surface area contributed by atoms with E-state index >= 15 is 0 Å². The van der Waals surface area contributed by atoms with Crippen molar-refractivity contribution in [3.63, 3.8) is 0 Å². The Morgan fingerprint density at radius 2 is 1.85 bits per heavy atom. The highest BCUT2D eigenvalue weighted by atomic mass is 16.6. The van der Waals surface area contributed by atoms with Crippen molar-refractivity contribution in [3.05, 3.63) is 64.3 Å². The normalized spacial score (nSPS) is 15.1. The zero-order chi connectivity index (χ0) is 19.2. The van der Waals surface area contributed by atoms with E-state index in [0.29, 0.717) is 11.3 Å². The molecule has 2 aromatic rings. The van der Waals surface area contributed by atoms with Gasteiger partial charge in [-0.15, -0.1) is 0 Å². The number of benzene rings is 1. The molecule has 3 rings (SSSR count). The molecular formula is C19H21N5O3. The van der Waals surface area contributed by atoms with Crippen LogP contribution >= 0.6 is 0 Å². The summed E-state index contributed by atoms with van der Waals surface area (Å²) < 4.78 is 0. The maximum atomic E-state index is 12.0. The number of aromatic nitrogens is 1. The highest BCUT2D eigenvalue weighted by Gasteiger charge is 2.15. The van der Waals surface area contributed by atoms with Crippen molar-refractivity contribution in [2.24, 2.45) is 0 Å². The molecule has 2 heterocycles. The number of nitro benzene ring substituents is 1. The first-order valence-electron chi connectivity index (χ1n) is 8.64. The fourth-order valence-electron chi connectivity index (χ4n) is 2.75. The van der Waals surface area contributed by atoms with Gasteiger partial charge in [0.05, 0.1) is 16.8 Å². The number of carbonyl (C=O) groups is 1. The molecule has 1 aromatic carbocycles. The summed E-state index contributed by atoms with van der Waals surface area (Å²) in [5.74, 6) is 0.616. The van der Waals surface area contributed by atoms with Crippen LogP contribution in [0.2, 0.25) is 0 Å². The predicted octanol–water partition coefficient (Wildman–Crippen LogP) is 2.39. The van der Waals surface area contributed by atoms with Gasteiger partial charge in [-0.25, -0.2) is 4.98 Å². The molecule has 27 heavy (non-hydrogen) atoms. The second-order valence-electron chi connectivity index (χ2n) is 6.37. The average molecular weight is 367 g/mol. The predicted molar refractivity (Wildman–Crippen MR) is 105 cm³/mol. The van der Waals surface area contributed by atoms with Gasteiger partial charge in [0, 0.05) is 44.4 Å². The van der Waals surface area contributed by atoms with E-state index in [9.17, 15) is 14.9 Å². The smallest absolute Gasteiger partial charge is 0.269 e. The largest absolute Gasteiger partial charge is 0.354 e. The van der Waals surface area contributed by atoms with Crippen molar-refractivity contribution < 1.29 is 9.72 Å². The third-order valence-electron chi connectivity index (χ3n) is 4.37. The number of piperazine rings is 1. The second kappa shape index (κ2) is 8.41. The van der Waals surface area contributed by atoms with E-state index in [4.69, 9.17) is 0 Å². The Hall–Kier alpha value is -3.26. The summed E-state index contributed by atoms with van der Waals surface area (Å²) >= 11 is 0. The van der Waals surface area contributed by atoms with Gasteiger partial charge in [0.25, 0.3) is 5.69 Å². The number of hydrogen-bond acceptors (Lipinski definition) is 6. The Bertz CT molecular complexity index is 825. The van der Waals surface area contributed by atoms with E-state index in [1.54, 1.807) is 24.4 Å². The van der Waals surface area contributed by atoms with Crippen molar-refractivity contribution in [2.75, 3.05) is 43.4 Å². The van der Waals surface area contributed by atoms with Gasteiger partial charge >= 0.3 is 0 Å². The summed E-state index contributed by atoms with van der Waals surface area (Å²) in [6.45, 7) is 3.89. The van der Waals surface area contributed by atoms with Gasteiger partial charge in [-0.05, 0) is 43.0 Å². The molecule has 0 saturated carbocycles. The second-order valence-corrected chi connectivity index (χ2v) is 6.37. The maximum absolute atomic E-state index is 12.0. The first-order chi connectivity index (χ1) is 13.0. The summed E-state index contributed by atoms with van der Waals surface area (Å²) in [6.07, 6.45) is 4.63. The van der Waals surface area contributed by atoms with Crippen molar-refractivity contribution in [1.29, 1.82) is 0 Å². The topological polar surface area (TPSA) is 91.6 Å². The monoisotopic (exact) mass is 367 g/mol. The summed E-state index contributed by atoms with van der Waals surface area (Å²) in [5.41, 5.74) is 1.34. The molecule has 1 fully saturated rings. The zero-order valence-corrected chi connectivity index (χ0v) is 15.0. The minimum absolute atomic E-state index is 0.0168. The third kappa shape index (κ3) is 5.11. The molecule has 8 heteroatoms. The molecule has 140 valence electrons. The lowest BCUT2D eigenvalue weighted by Gasteiger charge is -2.33. The molecule has 1 aromatic heterocycles. The Balaban J connectivity index is 1.55. The number of likely N-dealkylation sites (N-methyl/N-ethyl adjacent to an activating group) is 1. The number of hydrogen-bond donors (Lipinski definition) is 1. The van der Waals surface area contributed by atoms with E-state index in [1.165, 1.54) is 18.2 Å². The fraction of sp³-hybridized carbons (Fsp3) is 0.263. The molecule has 1 aliphatic rings. The Kier molecular flexibility index (Phi) is 5.77. The van der Waals surface area contributed by atoms with Gasteiger partial charge in [-0.2, -0.15) is 0 Å². The number of amides is 1. The molecule has 1 amide bonds. The highest BCUT2D eigenvalue weighted by Crippen LogP contribution is 2.16. The van der Waals surface area contributed by atoms with Crippen LogP contribution in [-0.2, 0) is 4.79 Å². The summed E-state index contributed by atoms with van der Waals surface area (Å²) in [6, 6.07) is 9.72. The summed E-state index contributed by atoms with van der Waals surface area (Å²) in [5, 5.41) is 13.4. The molecule has 0 aliphatic carbocycles. The Morgan fingerprint density at radius 3 is 2.44 bits per heavy atom. The Morgan fingerprint density at radius 1 is 1.15 bits per heavy atom. The summed E-state index contributed by atoms with van der Waals surface area (Å²) in [7, 11) is 2.10. The molecule has 1 aliphatic heterocycles. The van der Waals surface area contributed by atoms with Gasteiger partial charge in [0.15, 0.2) is 0 Å². The third-order valence-corrected chi connectivity index (χ3v) is 4.37. The molecule has 0 spiro atoms. The minimum atomic E-state index is -0.459. The molecule has 1 N–H and O–H groups in total. The SMILES string of the molecule is CN1CCN(c2ccc(NC(=O)/C=C/c3ccc([N+](=O)[O-])cc3)cn2)CC1. The molecule has 0 bridgehead atoms. The van der Waals surface area contributed by atoms with E-state index < -0.39 is 4.92 Å². The number of nitro groups is 1. The van der Waals surface area contributed by atoms with E-state index in [2.05, 4.69) is 27.1 Å². The van der Waals surface area contributed by atoms with E-state index in [1.807, 2.05) is 12.1 Å². The molecule has 1 saturated heterocycles. The van der Waals surface area contributed by atoms with Crippen LogP contribution in [0.25, 0.3) is 6.08 Å². The van der Waals surface area contributed by atoms with Crippen LogP contribution in [0, 0.1) is 10.1 Å². The number of non-ortho nitro benzene ring substituents is 1. The van der Waals surface area contributed by atoms with E-state index in [-0.39, 0.29) is 11.6 Å². The van der Waals surface area contributed by atoms with Gasteiger partial charge in [0.2, 0.25) is 5.91 Å². The van der Waals surface area contributed by atoms with Crippen molar-refractivity contribution in [1.82, 2.24) is 9.88 Å². The maximum Gasteiger partial charge on any atom is 0.269 e. The summed E-state index contributed by atoms with van der Waals surface area (Å²) in [4.78, 5) is 31.1. The molecule has 0 atom stereocenters. The number of carbonyl (C=O) groups excluding carboxylic acids is 1. The average Bonchev–Trinajstić information content (AvgIpc) is 2.68. The minimum Gasteiger partial charge on any atom is -0.354 e. The van der Waals surface area contributed by atoms with E-state index in [0.717, 1.165) is 32.0 Å². The van der Waals surface area contributed by atoms with Crippen LogP contribution in [0.3, 0.4) is 0 Å². The van der Waals surface area contributed by atoms with Crippen LogP contribution in [-0.4, -0.2) is 53.9 Å². The molecule has 0 unspecified atom stereocenters. The number of rotatable bonds is 5. The lowest BCUT2D eigenvalue weighted by Crippen LogP contribution is -2.44. The molecular weight excluding hydrogens is 346 g/mol. The standard InChI is InChI=1S/C19H21N5O3/c1-22-10-12-23(13-11-22)18-8-5-16(14-20-18)21-19(25)9-4-15-2-6-17(7-3-15)24(26)27/h2-9,14H,10-13H2,1H3,(H,21,25)/b9-4+. The van der Waals surface area contributed by atoms with Crippen LogP contribution in [0.4, 0.5) is 17.2 Å². The van der Waals surface area contributed by atoms with Crippen LogP contribution in [0.15, 0.2) is 48.7 Å². The van der Waals surface area contributed by atoms with Gasteiger partial charge < -0.3 is 15.1 Å². The number of pyridine rings is 1. The number of nitrogens with one attached hydrogen (secondary N) is 1. The van der Waals surface area contributed by atoms with Crippen molar-refractivity contribution in [3.8, 4) is 0 Å². The Labute approximate surface area is 157 Å². The van der Waals surface area contributed by atoms with Crippen LogP contribution in [0.1, 0.15) is 5.56 Å². The lowest BCUT2D eigenvalue weighted by atomic mass is 10.2. The first kappa shape index (κ1) is 18.5. The zero-order valence-electron chi connectivity index (χ0n) is 15.0. The first-order valence-corrected chi connectivity index (χ1v) is 8.64. The van der Waals surface area contributed by atoms with Crippen LogP contribution in [0.5, 0.6) is 0 Å². The molecule has 8 nitrogen and oxygen atoms in total. The molecule has 0 radical (unpaired) electrons. The van der Waals surface area contributed by atoms with Gasteiger partial charge in [0.1, 0.15) is 5.82 Å². The van der Waals surface area contributed by atoms with Gasteiger partial charge in [-0.1, -0.05) is 0 Å². The number of nitrogens with zero attached hydrogens (tertiary/aromatic N) is 4. The highest BCUT2D eigenvalue weighted by molar-refractivity contribution is 6.01. The number of anilines is 2. The fourth-order valence-corrected chi connectivity index (χ4v) is 2.75.